The molecule has 0 radical (unpaired) electrons. The summed E-state index contributed by atoms with van der Waals surface area (Å²) in [6.07, 6.45) is 4.21. The molecule has 4 aromatic rings. The lowest BCUT2D eigenvalue weighted by Gasteiger charge is -2.34. The third kappa shape index (κ3) is 4.03. The Morgan fingerprint density at radius 1 is 1.03 bits per heavy atom. The first-order chi connectivity index (χ1) is 16.5. The fraction of sp³-hybridized carbons (Fsp3) is 0.320. The molecule has 1 aliphatic carbocycles. The molecule has 1 saturated carbocycles. The van der Waals surface area contributed by atoms with Gasteiger partial charge in [0.25, 0.3) is 0 Å². The number of halogens is 1. The van der Waals surface area contributed by atoms with Crippen LogP contribution >= 0.6 is 11.6 Å². The van der Waals surface area contributed by atoms with Gasteiger partial charge >= 0.3 is 0 Å². The number of fused-ring (bicyclic) bond motifs is 1. The van der Waals surface area contributed by atoms with Crippen LogP contribution in [-0.2, 0) is 0 Å². The Hall–Kier alpha value is -3.36. The van der Waals surface area contributed by atoms with Crippen molar-refractivity contribution >= 4 is 45.8 Å². The van der Waals surface area contributed by atoms with Gasteiger partial charge in [0, 0.05) is 49.1 Å². The van der Waals surface area contributed by atoms with Gasteiger partial charge in [-0.25, -0.2) is 9.97 Å². The van der Waals surface area contributed by atoms with Crippen LogP contribution in [0, 0.1) is 0 Å². The van der Waals surface area contributed by atoms with E-state index in [2.05, 4.69) is 48.8 Å². The topological polar surface area (TPSA) is 88.1 Å². The maximum absolute atomic E-state index is 6.67. The van der Waals surface area contributed by atoms with Crippen molar-refractivity contribution in [1.29, 1.82) is 0 Å². The molecular formula is C25H27ClN8. The largest absolute Gasteiger partial charge is 0.384 e. The first-order valence-corrected chi connectivity index (χ1v) is 12.0. The number of nitrogens with one attached hydrogen (secondary N) is 1. The van der Waals surface area contributed by atoms with Gasteiger partial charge in [-0.15, -0.1) is 0 Å². The number of pyridine rings is 1. The molecule has 8 nitrogen and oxygen atoms in total. The molecular weight excluding hydrogens is 448 g/mol. The van der Waals surface area contributed by atoms with Gasteiger partial charge in [-0.2, -0.15) is 4.98 Å². The number of benzene rings is 1. The Labute approximate surface area is 203 Å². The second kappa shape index (κ2) is 8.45. The number of nitrogens with zero attached hydrogens (tertiary/aromatic N) is 6. The fourth-order valence-electron chi connectivity index (χ4n) is 4.57. The molecule has 9 heteroatoms. The van der Waals surface area contributed by atoms with Crippen LogP contribution in [0.25, 0.3) is 16.9 Å². The molecule has 2 fully saturated rings. The Balaban J connectivity index is 1.32. The van der Waals surface area contributed by atoms with Gasteiger partial charge in [0.1, 0.15) is 11.6 Å². The SMILES string of the molecule is CN1CCN(c2ccc(Nc3ncc4cc(C5CC5)n(-c5cccc(N)n5)c4n3)cc2Cl)CC1. The fourth-order valence-corrected chi connectivity index (χ4v) is 4.87. The molecule has 34 heavy (non-hydrogen) atoms. The molecule has 0 unspecified atom stereocenters. The number of nitrogen functional groups attached to an aromatic ring is 1. The summed E-state index contributed by atoms with van der Waals surface area (Å²) in [6, 6.07) is 13.9. The minimum absolute atomic E-state index is 0.489. The highest BCUT2D eigenvalue weighted by molar-refractivity contribution is 6.33. The van der Waals surface area contributed by atoms with Crippen LogP contribution in [0.5, 0.6) is 0 Å². The zero-order chi connectivity index (χ0) is 23.2. The van der Waals surface area contributed by atoms with E-state index in [1.54, 1.807) is 6.07 Å². The van der Waals surface area contributed by atoms with Gasteiger partial charge in [-0.1, -0.05) is 17.7 Å². The van der Waals surface area contributed by atoms with Crippen LogP contribution in [0.4, 0.5) is 23.1 Å². The zero-order valence-corrected chi connectivity index (χ0v) is 19.8. The van der Waals surface area contributed by atoms with E-state index in [1.807, 2.05) is 30.5 Å². The second-order valence-corrected chi connectivity index (χ2v) is 9.56. The first kappa shape index (κ1) is 21.2. The highest BCUT2D eigenvalue weighted by Gasteiger charge is 2.29. The van der Waals surface area contributed by atoms with Crippen LogP contribution in [0.1, 0.15) is 24.5 Å². The minimum atomic E-state index is 0.489. The van der Waals surface area contributed by atoms with Crippen molar-refractivity contribution in [3.05, 3.63) is 59.4 Å². The van der Waals surface area contributed by atoms with Gasteiger partial charge in [0.15, 0.2) is 5.65 Å². The van der Waals surface area contributed by atoms with Gasteiger partial charge in [-0.05, 0) is 62.2 Å². The van der Waals surface area contributed by atoms with Gasteiger partial charge in [-0.3, -0.25) is 4.57 Å². The van der Waals surface area contributed by atoms with Crippen molar-refractivity contribution in [1.82, 2.24) is 24.4 Å². The Morgan fingerprint density at radius 2 is 1.85 bits per heavy atom. The quantitative estimate of drug-likeness (QED) is 0.442. The third-order valence-corrected chi connectivity index (χ3v) is 6.90. The molecule has 3 N–H and O–H groups in total. The predicted molar refractivity (Wildman–Crippen MR) is 137 cm³/mol. The van der Waals surface area contributed by atoms with Gasteiger partial charge in [0.2, 0.25) is 5.95 Å². The predicted octanol–water partition coefficient (Wildman–Crippen LogP) is 4.42. The number of aromatic nitrogens is 4. The minimum Gasteiger partial charge on any atom is -0.384 e. The molecule has 174 valence electrons. The second-order valence-electron chi connectivity index (χ2n) is 9.15. The number of hydrogen-bond acceptors (Lipinski definition) is 7. The highest BCUT2D eigenvalue weighted by atomic mass is 35.5. The average molecular weight is 475 g/mol. The normalized spacial score (nSPS) is 16.8. The number of nitrogens with two attached hydrogens (primary N) is 1. The Morgan fingerprint density at radius 3 is 2.59 bits per heavy atom. The number of piperazine rings is 1. The lowest BCUT2D eigenvalue weighted by Crippen LogP contribution is -2.44. The number of anilines is 4. The molecule has 0 spiro atoms. The van der Waals surface area contributed by atoms with E-state index < -0.39 is 0 Å². The van der Waals surface area contributed by atoms with E-state index in [0.29, 0.717) is 17.7 Å². The molecule has 0 atom stereocenters. The summed E-state index contributed by atoms with van der Waals surface area (Å²) in [7, 11) is 2.15. The average Bonchev–Trinajstić information content (AvgIpc) is 3.60. The maximum atomic E-state index is 6.67. The number of rotatable bonds is 5. The summed E-state index contributed by atoms with van der Waals surface area (Å²) < 4.78 is 2.11. The van der Waals surface area contributed by atoms with Crippen LogP contribution in [0.3, 0.4) is 0 Å². The summed E-state index contributed by atoms with van der Waals surface area (Å²) in [4.78, 5) is 18.6. The maximum Gasteiger partial charge on any atom is 0.229 e. The number of likely N-dealkylation sites (N-methyl/N-ethyl adjacent to an activating group) is 1. The van der Waals surface area contributed by atoms with Crippen molar-refractivity contribution in [2.75, 3.05) is 49.2 Å². The van der Waals surface area contributed by atoms with Gasteiger partial charge in [0.05, 0.1) is 10.7 Å². The summed E-state index contributed by atoms with van der Waals surface area (Å²) in [5.41, 5.74) is 9.92. The monoisotopic (exact) mass is 474 g/mol. The van der Waals surface area contributed by atoms with Crippen LogP contribution in [0.2, 0.25) is 5.02 Å². The van der Waals surface area contributed by atoms with E-state index in [0.717, 1.165) is 59.4 Å². The third-order valence-electron chi connectivity index (χ3n) is 6.60. The molecule has 1 saturated heterocycles. The standard InChI is InChI=1S/C25H27ClN8/c1-32-9-11-33(12-10-32)20-8-7-18(14-19(20)26)29-25-28-15-17-13-21(16-5-6-16)34(24(17)31-25)23-4-2-3-22(27)30-23/h2-4,7-8,13-16H,5-6,9-12H2,1H3,(H2,27,30)(H,28,29,31). The smallest absolute Gasteiger partial charge is 0.229 e. The van der Waals surface area contributed by atoms with Crippen molar-refractivity contribution < 1.29 is 0 Å². The lowest BCUT2D eigenvalue weighted by molar-refractivity contribution is 0.313. The summed E-state index contributed by atoms with van der Waals surface area (Å²) >= 11 is 6.67. The Kier molecular flexibility index (Phi) is 5.27. The summed E-state index contributed by atoms with van der Waals surface area (Å²) in [5, 5.41) is 5.03. The molecule has 6 rings (SSSR count). The lowest BCUT2D eigenvalue weighted by atomic mass is 10.2. The van der Waals surface area contributed by atoms with Crippen molar-refractivity contribution in [2.45, 2.75) is 18.8 Å². The molecule has 2 aliphatic rings. The number of hydrogen-bond donors (Lipinski definition) is 2. The van der Waals surface area contributed by atoms with E-state index in [-0.39, 0.29) is 0 Å². The highest BCUT2D eigenvalue weighted by Crippen LogP contribution is 2.43. The van der Waals surface area contributed by atoms with Crippen molar-refractivity contribution in [3.63, 3.8) is 0 Å². The van der Waals surface area contributed by atoms with E-state index in [4.69, 9.17) is 22.3 Å². The van der Waals surface area contributed by atoms with E-state index >= 15 is 0 Å². The van der Waals surface area contributed by atoms with E-state index in [1.165, 1.54) is 18.5 Å². The van der Waals surface area contributed by atoms with Crippen molar-refractivity contribution in [3.8, 4) is 5.82 Å². The molecule has 1 aromatic carbocycles. The zero-order valence-electron chi connectivity index (χ0n) is 19.1. The van der Waals surface area contributed by atoms with Crippen LogP contribution in [0.15, 0.2) is 48.7 Å². The summed E-state index contributed by atoms with van der Waals surface area (Å²) in [6.45, 7) is 4.02. The molecule has 1 aliphatic heterocycles. The molecule has 3 aromatic heterocycles. The first-order valence-electron chi connectivity index (χ1n) is 11.7. The molecule has 4 heterocycles. The molecule has 0 amide bonds. The van der Waals surface area contributed by atoms with Crippen LogP contribution < -0.4 is 16.0 Å². The van der Waals surface area contributed by atoms with E-state index in [9.17, 15) is 0 Å². The van der Waals surface area contributed by atoms with Crippen molar-refractivity contribution in [2.24, 2.45) is 0 Å². The molecule has 0 bridgehead atoms. The Bertz CT molecular complexity index is 1350. The summed E-state index contributed by atoms with van der Waals surface area (Å²) in [5.74, 6) is 2.31. The van der Waals surface area contributed by atoms with Crippen LogP contribution in [-0.4, -0.2) is 57.6 Å². The van der Waals surface area contributed by atoms with Gasteiger partial charge < -0.3 is 20.9 Å².